The van der Waals surface area contributed by atoms with Gasteiger partial charge in [0.15, 0.2) is 0 Å². The molecule has 0 radical (unpaired) electrons. The zero-order valence-corrected chi connectivity index (χ0v) is 6.89. The standard InChI is InChI=1S/H3O4P.H2O.W/c1-5(2,3)4;;/h(H3,1,2,3,4);1H2;/i/hD. The van der Waals surface area contributed by atoms with Crippen molar-refractivity contribution in [3.63, 3.8) is 0 Å². The Hall–Kier alpha value is 0.758. The molecule has 0 aliphatic carbocycles. The maximum absolute atomic E-state index is 9.28. The van der Waals surface area contributed by atoms with E-state index in [1.807, 2.05) is 0 Å². The predicted molar refractivity (Wildman–Crippen MR) is 17.9 cm³/mol. The summed E-state index contributed by atoms with van der Waals surface area (Å²) in [7, 11) is -4.48. The van der Waals surface area contributed by atoms with E-state index in [-0.39, 0.29) is 26.5 Å². The maximum Gasteiger partial charge on any atom is 0.466 e. The Morgan fingerprint density at radius 2 is 1.71 bits per heavy atom. The third-order valence-corrected chi connectivity index (χ3v) is 0. The molecule has 5 nitrogen and oxygen atoms in total. The molecular formula is H5O5PW. The van der Waals surface area contributed by atoms with Crippen LogP contribution in [0.2, 0.25) is 0 Å². The second-order valence-electron chi connectivity index (χ2n) is 0.491. The van der Waals surface area contributed by atoms with E-state index in [0.29, 0.717) is 0 Å². The van der Waals surface area contributed by atoms with Crippen LogP contribution in [0.5, 0.6) is 0 Å². The van der Waals surface area contributed by atoms with Crippen LogP contribution in [-0.4, -0.2) is 21.6 Å². The summed E-state index contributed by atoms with van der Waals surface area (Å²) in [5.74, 6) is 0. The summed E-state index contributed by atoms with van der Waals surface area (Å²) in [6, 6.07) is 0. The van der Waals surface area contributed by atoms with Gasteiger partial charge in [0.2, 0.25) is 1.43 Å². The van der Waals surface area contributed by atoms with Gasteiger partial charge in [-0.1, -0.05) is 0 Å². The molecule has 7 heavy (non-hydrogen) atoms. The van der Waals surface area contributed by atoms with E-state index in [1.54, 1.807) is 0 Å². The number of hydrogen-bond donors (Lipinski definition) is 3. The summed E-state index contributed by atoms with van der Waals surface area (Å²) < 4.78 is 14.9. The number of hydrogen-bond acceptors (Lipinski definition) is 2. The topological polar surface area (TPSA) is 109 Å². The molecule has 0 bridgehead atoms. The summed E-state index contributed by atoms with van der Waals surface area (Å²) in [6.45, 7) is 0. The SMILES string of the molecule is O.[2H]OP(=O)(O)O.[W]. The fourth-order valence-electron chi connectivity index (χ4n) is 0. The van der Waals surface area contributed by atoms with Gasteiger partial charge in [-0.15, -0.1) is 0 Å². The van der Waals surface area contributed by atoms with E-state index in [0.717, 1.165) is 0 Å². The van der Waals surface area contributed by atoms with Gasteiger partial charge in [-0.3, -0.25) is 0 Å². The van der Waals surface area contributed by atoms with Crippen molar-refractivity contribution in [1.29, 1.82) is 1.43 Å². The molecule has 7 heteroatoms. The van der Waals surface area contributed by atoms with E-state index in [4.69, 9.17) is 11.2 Å². The quantitative estimate of drug-likeness (QED) is 0.499. The molecule has 0 aromatic rings. The minimum Gasteiger partial charge on any atom is -0.412 e. The molecule has 5 N–H and O–H groups in total. The van der Waals surface area contributed by atoms with Crippen molar-refractivity contribution in [3.8, 4) is 0 Å². The van der Waals surface area contributed by atoms with Crippen molar-refractivity contribution in [2.45, 2.75) is 0 Å². The van der Waals surface area contributed by atoms with E-state index >= 15 is 0 Å². The van der Waals surface area contributed by atoms with Gasteiger partial charge in [0, 0.05) is 21.1 Å². The fraction of sp³-hybridized carbons (Fsp3) is 0. The van der Waals surface area contributed by atoms with Gasteiger partial charge in [-0.25, -0.2) is 4.57 Å². The van der Waals surface area contributed by atoms with Crippen LogP contribution in [0.4, 0.5) is 0 Å². The normalized spacial score (nSPS) is 10.3. The molecule has 0 unspecified atom stereocenters. The first-order valence-corrected chi connectivity index (χ1v) is 2.30. The minimum atomic E-state index is -4.48. The van der Waals surface area contributed by atoms with Gasteiger partial charge in [-0.2, -0.15) is 0 Å². The molecule has 0 atom stereocenters. The maximum atomic E-state index is 9.28. The van der Waals surface area contributed by atoms with Crippen LogP contribution in [0.1, 0.15) is 0 Å². The van der Waals surface area contributed by atoms with Crippen molar-refractivity contribution in [3.05, 3.63) is 0 Å². The largest absolute Gasteiger partial charge is 0.466 e. The summed E-state index contributed by atoms with van der Waals surface area (Å²) in [4.78, 5) is 17.9. The second-order valence-corrected chi connectivity index (χ2v) is 1.47. The molecule has 0 saturated carbocycles. The smallest absolute Gasteiger partial charge is 0.412 e. The summed E-state index contributed by atoms with van der Waals surface area (Å²) >= 11 is 0. The third kappa shape index (κ3) is 266. The van der Waals surface area contributed by atoms with E-state index in [2.05, 4.69) is 4.90 Å². The average molecular weight is 301 g/mol. The first-order valence-electron chi connectivity index (χ1n) is 1.17. The molecular weight excluding hydrogens is 295 g/mol. The Bertz CT molecular complexity index is 76.5. The molecule has 0 aliphatic rings. The average Bonchev–Trinajstić information content (AvgIpc) is 1.35. The molecule has 0 fully saturated rings. The fourth-order valence-corrected chi connectivity index (χ4v) is 0. The van der Waals surface area contributed by atoms with Crippen molar-refractivity contribution >= 4 is 7.82 Å². The monoisotopic (exact) mass is 301 g/mol. The van der Waals surface area contributed by atoms with Crippen molar-refractivity contribution in [2.24, 2.45) is 0 Å². The molecule has 0 saturated heterocycles. The first kappa shape index (κ1) is 10.7. The van der Waals surface area contributed by atoms with Crippen molar-refractivity contribution in [1.82, 2.24) is 0 Å². The Kier molecular flexibility index (Phi) is 7.49. The molecule has 0 aliphatic heterocycles. The summed E-state index contributed by atoms with van der Waals surface area (Å²) in [5.41, 5.74) is 0. The zero-order valence-electron chi connectivity index (χ0n) is 4.07. The number of phosphoric acid groups is 1. The Labute approximate surface area is 55.7 Å². The summed E-state index contributed by atoms with van der Waals surface area (Å²) in [5, 5.41) is 0. The Morgan fingerprint density at radius 3 is 1.71 bits per heavy atom. The molecule has 0 amide bonds. The Morgan fingerprint density at radius 1 is 1.57 bits per heavy atom. The molecule has 0 aromatic heterocycles. The molecule has 0 aromatic carbocycles. The van der Waals surface area contributed by atoms with Crippen LogP contribution in [0.15, 0.2) is 0 Å². The number of rotatable bonds is 1. The Balaban J connectivity index is -0.000000125. The van der Waals surface area contributed by atoms with Crippen molar-refractivity contribution in [2.75, 3.05) is 0 Å². The zero-order chi connectivity index (χ0) is 5.21. The molecule has 0 heterocycles. The van der Waals surface area contributed by atoms with E-state index in [9.17, 15) is 4.57 Å². The van der Waals surface area contributed by atoms with Gasteiger partial charge in [0.25, 0.3) is 0 Å². The second kappa shape index (κ2) is 4.91. The van der Waals surface area contributed by atoms with Gasteiger partial charge in [0.1, 0.15) is 0 Å². The summed E-state index contributed by atoms with van der Waals surface area (Å²) in [6.07, 6.45) is 0. The van der Waals surface area contributed by atoms with E-state index < -0.39 is 7.82 Å². The van der Waals surface area contributed by atoms with Crippen LogP contribution in [-0.2, 0) is 25.6 Å². The predicted octanol–water partition coefficient (Wildman–Crippen LogP) is -1.76. The molecule has 0 rings (SSSR count). The van der Waals surface area contributed by atoms with Crippen LogP contribution in [0, 0.1) is 0 Å². The molecule has 0 spiro atoms. The van der Waals surface area contributed by atoms with Gasteiger partial charge < -0.3 is 20.2 Å². The first-order chi connectivity index (χ1) is 2.56. The van der Waals surface area contributed by atoms with Gasteiger partial charge in [-0.05, 0) is 0 Å². The molecule has 46 valence electrons. The van der Waals surface area contributed by atoms with Crippen LogP contribution >= 0.6 is 7.82 Å². The van der Waals surface area contributed by atoms with Crippen molar-refractivity contribution < 1.29 is 45.8 Å². The van der Waals surface area contributed by atoms with Crippen LogP contribution in [0.3, 0.4) is 0 Å². The van der Waals surface area contributed by atoms with Crippen LogP contribution < -0.4 is 0 Å². The van der Waals surface area contributed by atoms with E-state index in [1.165, 1.54) is 0 Å². The van der Waals surface area contributed by atoms with Gasteiger partial charge >= 0.3 is 7.82 Å². The minimum absolute atomic E-state index is 0. The third-order valence-electron chi connectivity index (χ3n) is 0. The van der Waals surface area contributed by atoms with Gasteiger partial charge in [0.05, 0.1) is 0 Å². The van der Waals surface area contributed by atoms with Crippen LogP contribution in [0.25, 0.3) is 0 Å².